The second-order valence-electron chi connectivity index (χ2n) is 8.15. The zero-order chi connectivity index (χ0) is 20.5. The Balaban J connectivity index is 1.42. The van der Waals surface area contributed by atoms with Crippen LogP contribution in [0.2, 0.25) is 0 Å². The lowest BCUT2D eigenvalue weighted by Gasteiger charge is -2.36. The largest absolute Gasteiger partial charge is 0.353 e. The van der Waals surface area contributed by atoms with Crippen LogP contribution in [0.5, 0.6) is 0 Å². The summed E-state index contributed by atoms with van der Waals surface area (Å²) in [5, 5.41) is 0. The molecule has 1 unspecified atom stereocenters. The summed E-state index contributed by atoms with van der Waals surface area (Å²) < 4.78 is 0. The number of aromatic nitrogens is 1. The highest BCUT2D eigenvalue weighted by molar-refractivity contribution is 6.01. The van der Waals surface area contributed by atoms with Crippen molar-refractivity contribution in [1.82, 2.24) is 9.88 Å². The van der Waals surface area contributed by atoms with Gasteiger partial charge in [0.15, 0.2) is 0 Å². The highest BCUT2D eigenvalue weighted by atomic mass is 16.2. The van der Waals surface area contributed by atoms with Gasteiger partial charge in [0.2, 0.25) is 11.8 Å². The first-order valence-corrected chi connectivity index (χ1v) is 10.3. The number of carbonyl (C=O) groups excluding carboxylic acids is 2. The molecule has 3 heterocycles. The second-order valence-corrected chi connectivity index (χ2v) is 8.15. The van der Waals surface area contributed by atoms with E-state index in [1.807, 2.05) is 41.8 Å². The molecule has 0 aliphatic carbocycles. The van der Waals surface area contributed by atoms with Gasteiger partial charge in [0.05, 0.1) is 5.92 Å². The first-order chi connectivity index (χ1) is 13.9. The summed E-state index contributed by atoms with van der Waals surface area (Å²) in [5.41, 5.74) is 4.34. The van der Waals surface area contributed by atoms with Crippen LogP contribution in [-0.2, 0) is 9.59 Å². The third-order valence-electron chi connectivity index (χ3n) is 5.94. The maximum atomic E-state index is 13.1. The number of nitrogens with zero attached hydrogens (tertiary/aromatic N) is 4. The van der Waals surface area contributed by atoms with E-state index < -0.39 is 0 Å². The second kappa shape index (κ2) is 7.85. The minimum atomic E-state index is -0.260. The first kappa shape index (κ1) is 19.4. The van der Waals surface area contributed by atoms with E-state index in [1.54, 1.807) is 6.20 Å². The summed E-state index contributed by atoms with van der Waals surface area (Å²) in [7, 11) is 0. The third kappa shape index (κ3) is 3.84. The highest BCUT2D eigenvalue weighted by Crippen LogP contribution is 2.32. The molecular formula is C23H28N4O2. The Bertz CT molecular complexity index is 897. The molecule has 0 radical (unpaired) electrons. The van der Waals surface area contributed by atoms with Crippen LogP contribution >= 0.6 is 0 Å². The SMILES string of the molecule is Cc1cc(C)c(N2CC(C(=O)N3CCN(c4ccccn4)CC3)CC2=O)c(C)c1. The van der Waals surface area contributed by atoms with Gasteiger partial charge in [0.25, 0.3) is 0 Å². The molecule has 1 aromatic heterocycles. The first-order valence-electron chi connectivity index (χ1n) is 10.3. The molecule has 29 heavy (non-hydrogen) atoms. The van der Waals surface area contributed by atoms with Gasteiger partial charge in [-0.05, 0) is 44.0 Å². The predicted octanol–water partition coefficient (Wildman–Crippen LogP) is 2.71. The van der Waals surface area contributed by atoms with Crippen molar-refractivity contribution in [3.63, 3.8) is 0 Å². The van der Waals surface area contributed by atoms with Crippen LogP contribution < -0.4 is 9.80 Å². The summed E-state index contributed by atoms with van der Waals surface area (Å²) in [5.74, 6) is 0.839. The Labute approximate surface area is 172 Å². The molecule has 2 aliphatic heterocycles. The quantitative estimate of drug-likeness (QED) is 0.806. The average molecular weight is 393 g/mol. The van der Waals surface area contributed by atoms with Gasteiger partial charge in [-0.25, -0.2) is 4.98 Å². The van der Waals surface area contributed by atoms with Gasteiger partial charge < -0.3 is 14.7 Å². The summed E-state index contributed by atoms with van der Waals surface area (Å²) >= 11 is 0. The number of pyridine rings is 1. The van der Waals surface area contributed by atoms with E-state index in [4.69, 9.17) is 0 Å². The average Bonchev–Trinajstić information content (AvgIpc) is 3.09. The Hall–Kier alpha value is -2.89. The van der Waals surface area contributed by atoms with E-state index in [0.29, 0.717) is 26.1 Å². The van der Waals surface area contributed by atoms with Gasteiger partial charge >= 0.3 is 0 Å². The Morgan fingerprint density at radius 2 is 1.72 bits per heavy atom. The zero-order valence-corrected chi connectivity index (χ0v) is 17.4. The monoisotopic (exact) mass is 392 g/mol. The molecule has 1 aromatic carbocycles. The van der Waals surface area contributed by atoms with E-state index in [1.165, 1.54) is 5.56 Å². The Morgan fingerprint density at radius 3 is 2.34 bits per heavy atom. The van der Waals surface area contributed by atoms with E-state index >= 15 is 0 Å². The van der Waals surface area contributed by atoms with Gasteiger partial charge in [0, 0.05) is 51.0 Å². The summed E-state index contributed by atoms with van der Waals surface area (Å²) in [4.78, 5) is 36.2. The van der Waals surface area contributed by atoms with Crippen LogP contribution in [0.3, 0.4) is 0 Å². The van der Waals surface area contributed by atoms with Crippen molar-refractivity contribution in [3.05, 3.63) is 53.2 Å². The van der Waals surface area contributed by atoms with Crippen molar-refractivity contribution in [2.45, 2.75) is 27.2 Å². The van der Waals surface area contributed by atoms with Gasteiger partial charge in [-0.3, -0.25) is 9.59 Å². The molecule has 4 rings (SSSR count). The minimum Gasteiger partial charge on any atom is -0.353 e. The van der Waals surface area contributed by atoms with Gasteiger partial charge in [0.1, 0.15) is 5.82 Å². The predicted molar refractivity (Wildman–Crippen MR) is 114 cm³/mol. The molecule has 0 spiro atoms. The lowest BCUT2D eigenvalue weighted by Crippen LogP contribution is -2.51. The summed E-state index contributed by atoms with van der Waals surface area (Å²) in [6.07, 6.45) is 2.09. The van der Waals surface area contributed by atoms with Crippen molar-refractivity contribution >= 4 is 23.3 Å². The molecule has 2 amide bonds. The summed E-state index contributed by atoms with van der Waals surface area (Å²) in [6.45, 7) is 9.48. The highest BCUT2D eigenvalue weighted by Gasteiger charge is 2.38. The number of hydrogen-bond donors (Lipinski definition) is 0. The number of rotatable bonds is 3. The normalized spacial score (nSPS) is 19.8. The topological polar surface area (TPSA) is 56.8 Å². The molecule has 6 heteroatoms. The number of amides is 2. The van der Waals surface area contributed by atoms with Crippen LogP contribution in [0.15, 0.2) is 36.5 Å². The van der Waals surface area contributed by atoms with E-state index in [-0.39, 0.29) is 17.7 Å². The molecule has 2 saturated heterocycles. The maximum Gasteiger partial charge on any atom is 0.228 e. The van der Waals surface area contributed by atoms with Crippen LogP contribution in [0.1, 0.15) is 23.1 Å². The molecule has 2 aromatic rings. The molecule has 1 atom stereocenters. The molecule has 0 N–H and O–H groups in total. The molecular weight excluding hydrogens is 364 g/mol. The number of piperazine rings is 1. The third-order valence-corrected chi connectivity index (χ3v) is 5.94. The van der Waals surface area contributed by atoms with Crippen molar-refractivity contribution in [2.24, 2.45) is 5.92 Å². The molecule has 152 valence electrons. The fraction of sp³-hybridized carbons (Fsp3) is 0.435. The minimum absolute atomic E-state index is 0.0468. The fourth-order valence-corrected chi connectivity index (χ4v) is 4.64. The number of hydrogen-bond acceptors (Lipinski definition) is 4. The molecule has 2 fully saturated rings. The Kier molecular flexibility index (Phi) is 5.26. The standard InChI is InChI=1S/C23H28N4O2/c1-16-12-17(2)22(18(3)13-16)27-15-19(14-21(27)28)23(29)26-10-8-25(9-11-26)20-6-4-5-7-24-20/h4-7,12-13,19H,8-11,14-15H2,1-3H3. The molecule has 2 aliphatic rings. The number of carbonyl (C=O) groups is 2. The lowest BCUT2D eigenvalue weighted by atomic mass is 10.0. The lowest BCUT2D eigenvalue weighted by molar-refractivity contribution is -0.136. The smallest absolute Gasteiger partial charge is 0.228 e. The number of aryl methyl sites for hydroxylation is 3. The van der Waals surface area contributed by atoms with Gasteiger partial charge in [-0.2, -0.15) is 0 Å². The molecule has 0 bridgehead atoms. The Morgan fingerprint density at radius 1 is 1.03 bits per heavy atom. The van der Waals surface area contributed by atoms with Crippen molar-refractivity contribution in [1.29, 1.82) is 0 Å². The fourth-order valence-electron chi connectivity index (χ4n) is 4.64. The zero-order valence-electron chi connectivity index (χ0n) is 17.4. The summed E-state index contributed by atoms with van der Waals surface area (Å²) in [6, 6.07) is 10.1. The van der Waals surface area contributed by atoms with Gasteiger partial charge in [-0.1, -0.05) is 23.8 Å². The van der Waals surface area contributed by atoms with E-state index in [2.05, 4.69) is 28.9 Å². The van der Waals surface area contributed by atoms with Crippen molar-refractivity contribution < 1.29 is 9.59 Å². The van der Waals surface area contributed by atoms with Crippen LogP contribution in [-0.4, -0.2) is 54.4 Å². The van der Waals surface area contributed by atoms with Crippen molar-refractivity contribution in [2.75, 3.05) is 42.5 Å². The van der Waals surface area contributed by atoms with Gasteiger partial charge in [-0.15, -0.1) is 0 Å². The van der Waals surface area contributed by atoms with E-state index in [0.717, 1.165) is 35.7 Å². The maximum absolute atomic E-state index is 13.1. The molecule has 0 saturated carbocycles. The molecule has 6 nitrogen and oxygen atoms in total. The number of anilines is 2. The number of benzene rings is 1. The van der Waals surface area contributed by atoms with Crippen molar-refractivity contribution in [3.8, 4) is 0 Å². The van der Waals surface area contributed by atoms with Crippen LogP contribution in [0.25, 0.3) is 0 Å². The van der Waals surface area contributed by atoms with E-state index in [9.17, 15) is 9.59 Å². The van der Waals surface area contributed by atoms with Crippen LogP contribution in [0, 0.1) is 26.7 Å². The van der Waals surface area contributed by atoms with Crippen LogP contribution in [0.4, 0.5) is 11.5 Å².